The van der Waals surface area contributed by atoms with Crippen LogP contribution in [0.5, 0.6) is 0 Å². The number of amides is 1. The fourth-order valence-corrected chi connectivity index (χ4v) is 3.13. The first-order valence-corrected chi connectivity index (χ1v) is 7.46. The molecule has 3 nitrogen and oxygen atoms in total. The van der Waals surface area contributed by atoms with Crippen molar-refractivity contribution in [3.05, 3.63) is 34.9 Å². The maximum absolute atomic E-state index is 13.3. The van der Waals surface area contributed by atoms with Crippen LogP contribution in [0, 0.1) is 11.8 Å². The zero-order valence-corrected chi connectivity index (χ0v) is 12.2. The van der Waals surface area contributed by atoms with E-state index in [1.54, 1.807) is 12.1 Å². The number of piperidine rings is 1. The standard InChI is InChI=1S/C15H17ClF2N2O/c16-11-3-1-10(2-4-11)7-19-14(21)9-20-6-5-12-13(8-20)15(12,17)18/h1-4,12-13H,5-9H2,(H,19,21)/t12-,13+/m1/s1. The van der Waals surface area contributed by atoms with Crippen molar-refractivity contribution in [2.45, 2.75) is 18.9 Å². The Balaban J connectivity index is 1.43. The number of hydrogen-bond acceptors (Lipinski definition) is 2. The molecule has 0 spiro atoms. The van der Waals surface area contributed by atoms with Gasteiger partial charge in [0.1, 0.15) is 0 Å². The topological polar surface area (TPSA) is 32.3 Å². The Hall–Kier alpha value is -1.20. The monoisotopic (exact) mass is 314 g/mol. The first-order chi connectivity index (χ1) is 9.96. The molecule has 1 amide bonds. The van der Waals surface area contributed by atoms with Crippen LogP contribution in [0.15, 0.2) is 24.3 Å². The van der Waals surface area contributed by atoms with Gasteiger partial charge in [0, 0.05) is 29.9 Å². The van der Waals surface area contributed by atoms with Crippen LogP contribution in [0.3, 0.4) is 0 Å². The number of rotatable bonds is 4. The number of fused-ring (bicyclic) bond motifs is 1. The number of alkyl halides is 2. The Bertz CT molecular complexity index is 535. The molecule has 1 heterocycles. The summed E-state index contributed by atoms with van der Waals surface area (Å²) < 4.78 is 26.6. The fourth-order valence-electron chi connectivity index (χ4n) is 3.00. The van der Waals surface area contributed by atoms with E-state index in [2.05, 4.69) is 5.32 Å². The van der Waals surface area contributed by atoms with Crippen LogP contribution >= 0.6 is 11.6 Å². The highest BCUT2D eigenvalue weighted by Crippen LogP contribution is 2.58. The smallest absolute Gasteiger partial charge is 0.255 e. The molecule has 0 radical (unpaired) electrons. The van der Waals surface area contributed by atoms with Gasteiger partial charge >= 0.3 is 0 Å². The summed E-state index contributed by atoms with van der Waals surface area (Å²) >= 11 is 5.79. The van der Waals surface area contributed by atoms with E-state index >= 15 is 0 Å². The van der Waals surface area contributed by atoms with Gasteiger partial charge in [-0.2, -0.15) is 0 Å². The van der Waals surface area contributed by atoms with E-state index in [0.717, 1.165) is 5.56 Å². The molecule has 1 aliphatic carbocycles. The largest absolute Gasteiger partial charge is 0.351 e. The molecule has 1 aromatic carbocycles. The Morgan fingerprint density at radius 1 is 1.33 bits per heavy atom. The number of carbonyl (C=O) groups is 1. The maximum Gasteiger partial charge on any atom is 0.255 e. The molecular weight excluding hydrogens is 298 g/mol. The van der Waals surface area contributed by atoms with Crippen LogP contribution < -0.4 is 5.32 Å². The van der Waals surface area contributed by atoms with Gasteiger partial charge in [-0.1, -0.05) is 23.7 Å². The molecule has 2 aliphatic rings. The second-order valence-electron chi connectivity index (χ2n) is 5.81. The SMILES string of the molecule is O=C(CN1CC[C@@H]2[C@H](C1)C2(F)F)NCc1ccc(Cl)cc1. The molecule has 0 aromatic heterocycles. The third-order valence-electron chi connectivity index (χ3n) is 4.35. The van der Waals surface area contributed by atoms with E-state index < -0.39 is 17.8 Å². The second kappa shape index (κ2) is 5.54. The quantitative estimate of drug-likeness (QED) is 0.926. The lowest BCUT2D eigenvalue weighted by molar-refractivity contribution is -0.122. The predicted octanol–water partition coefficient (Wildman–Crippen LogP) is 2.54. The van der Waals surface area contributed by atoms with Crippen molar-refractivity contribution in [3.63, 3.8) is 0 Å². The van der Waals surface area contributed by atoms with Crippen LogP contribution in [-0.2, 0) is 11.3 Å². The van der Waals surface area contributed by atoms with Gasteiger partial charge in [-0.25, -0.2) is 8.78 Å². The number of likely N-dealkylation sites (tertiary alicyclic amines) is 1. The first-order valence-electron chi connectivity index (χ1n) is 7.08. The molecule has 114 valence electrons. The van der Waals surface area contributed by atoms with Gasteiger partial charge in [-0.15, -0.1) is 0 Å². The Morgan fingerprint density at radius 3 is 2.71 bits per heavy atom. The minimum absolute atomic E-state index is 0.132. The predicted molar refractivity (Wildman–Crippen MR) is 76.3 cm³/mol. The highest BCUT2D eigenvalue weighted by atomic mass is 35.5. The maximum atomic E-state index is 13.3. The van der Waals surface area contributed by atoms with Gasteiger partial charge < -0.3 is 5.32 Å². The first kappa shape index (κ1) is 14.7. The van der Waals surface area contributed by atoms with Gasteiger partial charge in [0.25, 0.3) is 5.92 Å². The van der Waals surface area contributed by atoms with Crippen molar-refractivity contribution in [1.29, 1.82) is 0 Å². The average molecular weight is 315 g/mol. The zero-order chi connectivity index (χ0) is 15.0. The van der Waals surface area contributed by atoms with E-state index in [0.29, 0.717) is 31.1 Å². The second-order valence-corrected chi connectivity index (χ2v) is 6.25. The van der Waals surface area contributed by atoms with Crippen molar-refractivity contribution in [3.8, 4) is 0 Å². The summed E-state index contributed by atoms with van der Waals surface area (Å²) in [6, 6.07) is 7.23. The number of nitrogens with zero attached hydrogens (tertiary/aromatic N) is 1. The van der Waals surface area contributed by atoms with Gasteiger partial charge in [-0.05, 0) is 30.7 Å². The zero-order valence-electron chi connectivity index (χ0n) is 11.5. The molecule has 2 atom stereocenters. The van der Waals surface area contributed by atoms with Crippen LogP contribution in [-0.4, -0.2) is 36.4 Å². The summed E-state index contributed by atoms with van der Waals surface area (Å²) in [6.45, 7) is 1.51. The number of halogens is 3. The van der Waals surface area contributed by atoms with E-state index in [1.807, 2.05) is 17.0 Å². The summed E-state index contributed by atoms with van der Waals surface area (Å²) in [5.74, 6) is -3.64. The van der Waals surface area contributed by atoms with Crippen molar-refractivity contribution in [2.75, 3.05) is 19.6 Å². The van der Waals surface area contributed by atoms with Crippen molar-refractivity contribution >= 4 is 17.5 Å². The van der Waals surface area contributed by atoms with E-state index in [9.17, 15) is 13.6 Å². The Kier molecular flexibility index (Phi) is 3.88. The molecule has 1 aromatic rings. The van der Waals surface area contributed by atoms with Crippen LogP contribution in [0.1, 0.15) is 12.0 Å². The molecule has 0 unspecified atom stereocenters. The van der Waals surface area contributed by atoms with Gasteiger partial charge in [-0.3, -0.25) is 9.69 Å². The van der Waals surface area contributed by atoms with Crippen molar-refractivity contribution < 1.29 is 13.6 Å². The summed E-state index contributed by atoms with van der Waals surface area (Å²) in [5.41, 5.74) is 0.959. The lowest BCUT2D eigenvalue weighted by Gasteiger charge is -2.24. The summed E-state index contributed by atoms with van der Waals surface area (Å²) in [7, 11) is 0. The van der Waals surface area contributed by atoms with Crippen molar-refractivity contribution in [2.24, 2.45) is 11.8 Å². The van der Waals surface area contributed by atoms with E-state index in [-0.39, 0.29) is 12.5 Å². The normalized spacial score (nSPS) is 27.0. The molecule has 21 heavy (non-hydrogen) atoms. The minimum atomic E-state index is -2.51. The third kappa shape index (κ3) is 3.19. The highest BCUT2D eigenvalue weighted by molar-refractivity contribution is 6.30. The van der Waals surface area contributed by atoms with Crippen LogP contribution in [0.25, 0.3) is 0 Å². The Morgan fingerprint density at radius 2 is 2.05 bits per heavy atom. The average Bonchev–Trinajstić information content (AvgIpc) is 3.00. The van der Waals surface area contributed by atoms with Crippen LogP contribution in [0.4, 0.5) is 8.78 Å². The van der Waals surface area contributed by atoms with E-state index in [1.165, 1.54) is 0 Å². The molecule has 6 heteroatoms. The summed E-state index contributed by atoms with van der Waals surface area (Å²) in [4.78, 5) is 13.7. The van der Waals surface area contributed by atoms with Gasteiger partial charge in [0.2, 0.25) is 5.91 Å². The fraction of sp³-hybridized carbons (Fsp3) is 0.533. The summed E-state index contributed by atoms with van der Waals surface area (Å²) in [5, 5.41) is 3.45. The van der Waals surface area contributed by atoms with Gasteiger partial charge in [0.15, 0.2) is 0 Å². The molecule has 1 saturated carbocycles. The van der Waals surface area contributed by atoms with Crippen LogP contribution in [0.2, 0.25) is 5.02 Å². The summed E-state index contributed by atoms with van der Waals surface area (Å²) in [6.07, 6.45) is 0.488. The number of carbonyl (C=O) groups excluding carboxylic acids is 1. The molecule has 1 saturated heterocycles. The third-order valence-corrected chi connectivity index (χ3v) is 4.60. The number of hydrogen-bond donors (Lipinski definition) is 1. The lowest BCUT2D eigenvalue weighted by Crippen LogP contribution is -2.40. The number of nitrogens with one attached hydrogen (secondary N) is 1. The molecule has 1 N–H and O–H groups in total. The molecule has 1 aliphatic heterocycles. The number of benzene rings is 1. The van der Waals surface area contributed by atoms with Crippen molar-refractivity contribution in [1.82, 2.24) is 10.2 Å². The Labute approximate surface area is 127 Å². The molecule has 0 bridgehead atoms. The van der Waals surface area contributed by atoms with Gasteiger partial charge in [0.05, 0.1) is 6.54 Å². The lowest BCUT2D eigenvalue weighted by atomic mass is 10.1. The minimum Gasteiger partial charge on any atom is -0.351 e. The molecular formula is C15H17ClF2N2O. The highest BCUT2D eigenvalue weighted by Gasteiger charge is 2.68. The van der Waals surface area contributed by atoms with E-state index in [4.69, 9.17) is 11.6 Å². The molecule has 2 fully saturated rings. The molecule has 3 rings (SSSR count).